The summed E-state index contributed by atoms with van der Waals surface area (Å²) >= 11 is 0. The standard InChI is InChI=1S/C21H12N4O3/c22-10-13-1-5-15(6-2-13)19(26)17-9-18(24-12-17)21(28)25-20(27)16-7-3-14(11-23)4-8-16/h1-9,12,24H,(H,25,27,28). The summed E-state index contributed by atoms with van der Waals surface area (Å²) < 4.78 is 0. The number of benzene rings is 2. The lowest BCUT2D eigenvalue weighted by atomic mass is 10.0. The molecule has 0 radical (unpaired) electrons. The average molecular weight is 368 g/mol. The number of hydrogen-bond acceptors (Lipinski definition) is 5. The topological polar surface area (TPSA) is 127 Å². The van der Waals surface area contributed by atoms with E-state index < -0.39 is 11.8 Å². The summed E-state index contributed by atoms with van der Waals surface area (Å²) in [6.07, 6.45) is 1.38. The van der Waals surface area contributed by atoms with Crippen molar-refractivity contribution in [3.05, 3.63) is 94.3 Å². The van der Waals surface area contributed by atoms with Gasteiger partial charge in [0, 0.05) is 22.9 Å². The minimum Gasteiger partial charge on any atom is -0.356 e. The van der Waals surface area contributed by atoms with E-state index in [0.717, 1.165) is 0 Å². The van der Waals surface area contributed by atoms with E-state index >= 15 is 0 Å². The van der Waals surface area contributed by atoms with E-state index in [1.165, 1.54) is 60.8 Å². The van der Waals surface area contributed by atoms with Gasteiger partial charge in [-0.1, -0.05) is 0 Å². The van der Waals surface area contributed by atoms with Crippen LogP contribution in [0.3, 0.4) is 0 Å². The number of amides is 2. The Kier molecular flexibility index (Phi) is 5.11. The monoisotopic (exact) mass is 368 g/mol. The van der Waals surface area contributed by atoms with Crippen LogP contribution in [0.1, 0.15) is 47.9 Å². The van der Waals surface area contributed by atoms with E-state index in [4.69, 9.17) is 10.5 Å². The molecule has 1 heterocycles. The first-order chi connectivity index (χ1) is 13.5. The second-order valence-electron chi connectivity index (χ2n) is 5.79. The van der Waals surface area contributed by atoms with Crippen molar-refractivity contribution in [2.45, 2.75) is 0 Å². The zero-order valence-corrected chi connectivity index (χ0v) is 14.4. The number of rotatable bonds is 4. The Balaban J connectivity index is 1.70. The molecular weight excluding hydrogens is 356 g/mol. The van der Waals surface area contributed by atoms with Crippen LogP contribution >= 0.6 is 0 Å². The minimum absolute atomic E-state index is 0.0546. The maximum absolute atomic E-state index is 12.5. The van der Waals surface area contributed by atoms with Gasteiger partial charge in [-0.05, 0) is 54.6 Å². The largest absolute Gasteiger partial charge is 0.356 e. The lowest BCUT2D eigenvalue weighted by Crippen LogP contribution is -2.30. The molecular formula is C21H12N4O3. The Labute approximate surface area is 159 Å². The van der Waals surface area contributed by atoms with Crippen LogP contribution in [0.4, 0.5) is 0 Å². The van der Waals surface area contributed by atoms with E-state index in [1.54, 1.807) is 0 Å². The van der Waals surface area contributed by atoms with Crippen molar-refractivity contribution in [3.8, 4) is 12.1 Å². The van der Waals surface area contributed by atoms with E-state index in [-0.39, 0.29) is 22.6 Å². The molecule has 28 heavy (non-hydrogen) atoms. The number of H-pyrrole nitrogens is 1. The molecule has 7 nitrogen and oxygen atoms in total. The van der Waals surface area contributed by atoms with Crippen LogP contribution in [0.25, 0.3) is 0 Å². The molecule has 0 spiro atoms. The van der Waals surface area contributed by atoms with Crippen LogP contribution < -0.4 is 5.32 Å². The van der Waals surface area contributed by atoms with E-state index in [1.807, 2.05) is 12.1 Å². The van der Waals surface area contributed by atoms with Crippen LogP contribution in [0.5, 0.6) is 0 Å². The molecule has 0 atom stereocenters. The molecule has 0 aliphatic heterocycles. The number of hydrogen-bond donors (Lipinski definition) is 2. The highest BCUT2D eigenvalue weighted by atomic mass is 16.2. The van der Waals surface area contributed by atoms with Crippen molar-refractivity contribution in [3.63, 3.8) is 0 Å². The second kappa shape index (κ2) is 7.81. The first kappa shape index (κ1) is 18.3. The fourth-order valence-corrected chi connectivity index (χ4v) is 2.46. The maximum Gasteiger partial charge on any atom is 0.274 e. The van der Waals surface area contributed by atoms with Crippen molar-refractivity contribution in [2.75, 3.05) is 0 Å². The lowest BCUT2D eigenvalue weighted by molar-refractivity contribution is 0.0846. The molecule has 2 N–H and O–H groups in total. The molecule has 0 saturated carbocycles. The number of ketones is 1. The van der Waals surface area contributed by atoms with Crippen molar-refractivity contribution in [1.82, 2.24) is 10.3 Å². The summed E-state index contributed by atoms with van der Waals surface area (Å²) in [5.74, 6) is -1.63. The second-order valence-corrected chi connectivity index (χ2v) is 5.79. The molecule has 0 bridgehead atoms. The normalized spacial score (nSPS) is 9.79. The van der Waals surface area contributed by atoms with Gasteiger partial charge >= 0.3 is 0 Å². The molecule has 134 valence electrons. The fourth-order valence-electron chi connectivity index (χ4n) is 2.46. The van der Waals surface area contributed by atoms with Gasteiger partial charge in [0.05, 0.1) is 23.3 Å². The molecule has 2 aromatic carbocycles. The highest BCUT2D eigenvalue weighted by Crippen LogP contribution is 2.13. The van der Waals surface area contributed by atoms with Gasteiger partial charge < -0.3 is 4.98 Å². The van der Waals surface area contributed by atoms with Gasteiger partial charge in [0.1, 0.15) is 5.69 Å². The molecule has 0 saturated heterocycles. The zero-order chi connectivity index (χ0) is 20.1. The fraction of sp³-hybridized carbons (Fsp3) is 0. The predicted molar refractivity (Wildman–Crippen MR) is 98.3 cm³/mol. The third-order valence-corrected chi connectivity index (χ3v) is 3.97. The van der Waals surface area contributed by atoms with E-state index in [0.29, 0.717) is 16.7 Å². The molecule has 3 rings (SSSR count). The molecule has 0 aliphatic carbocycles. The van der Waals surface area contributed by atoms with Gasteiger partial charge in [-0.3, -0.25) is 19.7 Å². The summed E-state index contributed by atoms with van der Waals surface area (Å²) in [6.45, 7) is 0. The Bertz CT molecular complexity index is 1140. The molecule has 3 aromatic rings. The Hall–Kier alpha value is -4.49. The first-order valence-electron chi connectivity index (χ1n) is 8.11. The number of nitrogens with one attached hydrogen (secondary N) is 2. The Morgan fingerprint density at radius 2 is 1.29 bits per heavy atom. The van der Waals surface area contributed by atoms with E-state index in [9.17, 15) is 14.4 Å². The smallest absolute Gasteiger partial charge is 0.274 e. The highest BCUT2D eigenvalue weighted by Gasteiger charge is 2.17. The van der Waals surface area contributed by atoms with Crippen LogP contribution in [-0.4, -0.2) is 22.6 Å². The Morgan fingerprint density at radius 3 is 1.82 bits per heavy atom. The summed E-state index contributed by atoms with van der Waals surface area (Å²) in [5, 5.41) is 19.8. The summed E-state index contributed by atoms with van der Waals surface area (Å²) in [4.78, 5) is 39.5. The third-order valence-electron chi connectivity index (χ3n) is 3.97. The number of nitriles is 2. The van der Waals surface area contributed by atoms with Crippen LogP contribution in [0, 0.1) is 22.7 Å². The Morgan fingerprint density at radius 1 is 0.750 bits per heavy atom. The van der Waals surface area contributed by atoms with Crippen LogP contribution in [0.15, 0.2) is 60.8 Å². The number of aromatic amines is 1. The molecule has 2 amide bonds. The number of aromatic nitrogens is 1. The minimum atomic E-state index is -0.687. The van der Waals surface area contributed by atoms with Gasteiger partial charge in [0.2, 0.25) is 0 Å². The molecule has 0 fully saturated rings. The van der Waals surface area contributed by atoms with Gasteiger partial charge in [0.25, 0.3) is 11.8 Å². The van der Waals surface area contributed by atoms with E-state index in [2.05, 4.69) is 10.3 Å². The van der Waals surface area contributed by atoms with Gasteiger partial charge in [-0.15, -0.1) is 0 Å². The maximum atomic E-state index is 12.5. The molecule has 0 aliphatic rings. The number of imide groups is 1. The molecule has 7 heteroatoms. The first-order valence-corrected chi connectivity index (χ1v) is 8.11. The predicted octanol–water partition coefficient (Wildman–Crippen LogP) is 2.56. The van der Waals surface area contributed by atoms with Gasteiger partial charge in [0.15, 0.2) is 5.78 Å². The van der Waals surface area contributed by atoms with Crippen LogP contribution in [0.2, 0.25) is 0 Å². The summed E-state index contributed by atoms with van der Waals surface area (Å²) in [7, 11) is 0. The highest BCUT2D eigenvalue weighted by molar-refractivity contribution is 6.12. The van der Waals surface area contributed by atoms with Crippen molar-refractivity contribution >= 4 is 17.6 Å². The van der Waals surface area contributed by atoms with Crippen LogP contribution in [-0.2, 0) is 0 Å². The van der Waals surface area contributed by atoms with Gasteiger partial charge in [-0.2, -0.15) is 10.5 Å². The zero-order valence-electron chi connectivity index (χ0n) is 14.4. The lowest BCUT2D eigenvalue weighted by Gasteiger charge is -2.02. The molecule has 1 aromatic heterocycles. The number of nitrogens with zero attached hydrogens (tertiary/aromatic N) is 2. The third kappa shape index (κ3) is 3.85. The summed E-state index contributed by atoms with van der Waals surface area (Å²) in [5.41, 5.74) is 1.75. The van der Waals surface area contributed by atoms with Crippen molar-refractivity contribution < 1.29 is 14.4 Å². The number of carbonyl (C=O) groups excluding carboxylic acids is 3. The quantitative estimate of drug-likeness (QED) is 0.540. The number of carbonyl (C=O) groups is 3. The summed E-state index contributed by atoms with van der Waals surface area (Å²) in [6, 6.07) is 17.2. The average Bonchev–Trinajstić information content (AvgIpc) is 3.23. The molecule has 0 unspecified atom stereocenters. The van der Waals surface area contributed by atoms with Crippen molar-refractivity contribution in [2.24, 2.45) is 0 Å². The SMILES string of the molecule is N#Cc1ccc(C(=O)NC(=O)c2cc(C(=O)c3ccc(C#N)cc3)c[nH]2)cc1. The van der Waals surface area contributed by atoms with Crippen molar-refractivity contribution in [1.29, 1.82) is 10.5 Å². The van der Waals surface area contributed by atoms with Gasteiger partial charge in [-0.25, -0.2) is 0 Å².